The van der Waals surface area contributed by atoms with E-state index in [1.165, 1.54) is 17.8 Å². The molecule has 1 fully saturated rings. The van der Waals surface area contributed by atoms with Gasteiger partial charge in [-0.15, -0.1) is 0 Å². The number of hydrogen-bond acceptors (Lipinski definition) is 4. The van der Waals surface area contributed by atoms with E-state index in [2.05, 4.69) is 22.0 Å². The van der Waals surface area contributed by atoms with Gasteiger partial charge in [0, 0.05) is 38.9 Å². The van der Waals surface area contributed by atoms with Crippen molar-refractivity contribution < 1.29 is 9.90 Å². The Labute approximate surface area is 136 Å². The Morgan fingerprint density at radius 1 is 1.04 bits per heavy atom. The van der Waals surface area contributed by atoms with Gasteiger partial charge in [-0.1, -0.05) is 30.3 Å². The van der Waals surface area contributed by atoms with Crippen LogP contribution in [0.15, 0.2) is 48.7 Å². The number of nitrogens with zero attached hydrogens (tertiary/aromatic N) is 3. The number of rotatable bonds is 3. The second kappa shape index (κ2) is 7.24. The maximum absolute atomic E-state index is 12.5. The number of carbonyl (C=O) groups is 1. The highest BCUT2D eigenvalue weighted by Crippen LogP contribution is 2.17. The Bertz CT molecular complexity index is 660. The molecule has 120 valence electrons. The van der Waals surface area contributed by atoms with Crippen LogP contribution in [-0.4, -0.2) is 52.0 Å². The average molecular weight is 311 g/mol. The van der Waals surface area contributed by atoms with Gasteiger partial charge in [0.1, 0.15) is 5.75 Å². The average Bonchev–Trinajstić information content (AvgIpc) is 2.81. The van der Waals surface area contributed by atoms with E-state index in [-0.39, 0.29) is 17.4 Å². The van der Waals surface area contributed by atoms with E-state index in [1.54, 1.807) is 11.0 Å². The molecule has 23 heavy (non-hydrogen) atoms. The van der Waals surface area contributed by atoms with E-state index < -0.39 is 0 Å². The van der Waals surface area contributed by atoms with Gasteiger partial charge in [0.15, 0.2) is 5.69 Å². The summed E-state index contributed by atoms with van der Waals surface area (Å²) in [6, 6.07) is 13.5. The van der Waals surface area contributed by atoms with Gasteiger partial charge in [-0.05, 0) is 24.1 Å². The molecular weight excluding hydrogens is 290 g/mol. The molecule has 0 saturated carbocycles. The van der Waals surface area contributed by atoms with Crippen molar-refractivity contribution in [1.29, 1.82) is 0 Å². The molecule has 5 nitrogen and oxygen atoms in total. The van der Waals surface area contributed by atoms with Crippen molar-refractivity contribution in [2.75, 3.05) is 26.2 Å². The topological polar surface area (TPSA) is 56.7 Å². The zero-order valence-corrected chi connectivity index (χ0v) is 13.1. The van der Waals surface area contributed by atoms with Gasteiger partial charge >= 0.3 is 0 Å². The summed E-state index contributed by atoms with van der Waals surface area (Å²) >= 11 is 0. The molecule has 0 radical (unpaired) electrons. The predicted molar refractivity (Wildman–Crippen MR) is 88.1 cm³/mol. The molecule has 1 aromatic carbocycles. The highest BCUT2D eigenvalue weighted by Gasteiger charge is 2.23. The van der Waals surface area contributed by atoms with Crippen LogP contribution in [0.25, 0.3) is 0 Å². The predicted octanol–water partition coefficient (Wildman–Crippen LogP) is 2.14. The lowest BCUT2D eigenvalue weighted by Crippen LogP contribution is -2.35. The van der Waals surface area contributed by atoms with Gasteiger partial charge in [0.2, 0.25) is 0 Å². The van der Waals surface area contributed by atoms with Crippen LogP contribution in [0.1, 0.15) is 22.5 Å². The van der Waals surface area contributed by atoms with Crippen LogP contribution in [0.2, 0.25) is 0 Å². The van der Waals surface area contributed by atoms with E-state index in [1.807, 2.05) is 18.2 Å². The Kier molecular flexibility index (Phi) is 4.88. The SMILES string of the molecule is O=C(c1ncccc1O)N1CCCN(Cc2ccccc2)CC1. The Hall–Kier alpha value is -2.40. The molecule has 1 aliphatic heterocycles. The highest BCUT2D eigenvalue weighted by molar-refractivity contribution is 5.94. The van der Waals surface area contributed by atoms with Crippen molar-refractivity contribution in [1.82, 2.24) is 14.8 Å². The third-order valence-corrected chi connectivity index (χ3v) is 4.11. The van der Waals surface area contributed by atoms with Crippen molar-refractivity contribution in [2.45, 2.75) is 13.0 Å². The first kappa shape index (κ1) is 15.5. The number of amides is 1. The van der Waals surface area contributed by atoms with Crippen LogP contribution in [0.3, 0.4) is 0 Å². The molecule has 1 saturated heterocycles. The maximum Gasteiger partial charge on any atom is 0.276 e. The number of carbonyl (C=O) groups excluding carboxylic acids is 1. The molecule has 1 amide bonds. The minimum atomic E-state index is -0.190. The van der Waals surface area contributed by atoms with Gasteiger partial charge in [0.05, 0.1) is 0 Å². The highest BCUT2D eigenvalue weighted by atomic mass is 16.3. The summed E-state index contributed by atoms with van der Waals surface area (Å²) in [6.45, 7) is 4.04. The van der Waals surface area contributed by atoms with Crippen molar-refractivity contribution in [2.24, 2.45) is 0 Å². The molecule has 1 N–H and O–H groups in total. The zero-order valence-electron chi connectivity index (χ0n) is 13.1. The molecular formula is C18H21N3O2. The van der Waals surface area contributed by atoms with Gasteiger partial charge < -0.3 is 10.0 Å². The van der Waals surface area contributed by atoms with Crippen LogP contribution >= 0.6 is 0 Å². The number of hydrogen-bond donors (Lipinski definition) is 1. The number of benzene rings is 1. The summed E-state index contributed by atoms with van der Waals surface area (Å²) < 4.78 is 0. The summed E-state index contributed by atoms with van der Waals surface area (Å²) in [7, 11) is 0. The van der Waals surface area contributed by atoms with Crippen LogP contribution in [0.5, 0.6) is 5.75 Å². The van der Waals surface area contributed by atoms with Gasteiger partial charge in [-0.3, -0.25) is 9.69 Å². The maximum atomic E-state index is 12.5. The van der Waals surface area contributed by atoms with Crippen molar-refractivity contribution in [3.8, 4) is 5.75 Å². The molecule has 0 aliphatic carbocycles. The van der Waals surface area contributed by atoms with Crippen LogP contribution in [0, 0.1) is 0 Å². The standard InChI is InChI=1S/C18H21N3O2/c22-16-8-4-9-19-17(16)18(23)21-11-5-10-20(12-13-21)14-15-6-2-1-3-7-15/h1-4,6-9,22H,5,10-14H2. The number of aromatic hydroxyl groups is 1. The summed E-state index contributed by atoms with van der Waals surface area (Å²) in [4.78, 5) is 20.7. The Morgan fingerprint density at radius 3 is 2.65 bits per heavy atom. The van der Waals surface area contributed by atoms with E-state index >= 15 is 0 Å². The summed E-state index contributed by atoms with van der Waals surface area (Å²) in [5, 5.41) is 9.81. The van der Waals surface area contributed by atoms with Crippen molar-refractivity contribution in [3.63, 3.8) is 0 Å². The van der Waals surface area contributed by atoms with Crippen LogP contribution in [-0.2, 0) is 6.54 Å². The first-order valence-corrected chi connectivity index (χ1v) is 7.93. The van der Waals surface area contributed by atoms with Gasteiger partial charge in [-0.25, -0.2) is 4.98 Å². The smallest absolute Gasteiger partial charge is 0.276 e. The fourth-order valence-corrected chi connectivity index (χ4v) is 2.89. The fraction of sp³-hybridized carbons (Fsp3) is 0.333. The van der Waals surface area contributed by atoms with Crippen molar-refractivity contribution >= 4 is 5.91 Å². The molecule has 1 aromatic heterocycles. The molecule has 5 heteroatoms. The Morgan fingerprint density at radius 2 is 1.87 bits per heavy atom. The largest absolute Gasteiger partial charge is 0.505 e. The van der Waals surface area contributed by atoms with Gasteiger partial charge in [-0.2, -0.15) is 0 Å². The molecule has 0 unspecified atom stereocenters. The van der Waals surface area contributed by atoms with E-state index in [0.717, 1.165) is 26.1 Å². The third-order valence-electron chi connectivity index (χ3n) is 4.11. The molecule has 3 rings (SSSR count). The second-order valence-electron chi connectivity index (χ2n) is 5.78. The molecule has 0 spiro atoms. The van der Waals surface area contributed by atoms with Crippen LogP contribution < -0.4 is 0 Å². The van der Waals surface area contributed by atoms with Crippen LogP contribution in [0.4, 0.5) is 0 Å². The molecule has 1 aliphatic rings. The molecule has 0 bridgehead atoms. The van der Waals surface area contributed by atoms with E-state index in [9.17, 15) is 9.90 Å². The first-order chi connectivity index (χ1) is 11.2. The lowest BCUT2D eigenvalue weighted by molar-refractivity contribution is 0.0752. The Balaban J connectivity index is 1.62. The molecule has 0 atom stereocenters. The molecule has 2 aromatic rings. The zero-order chi connectivity index (χ0) is 16.1. The fourth-order valence-electron chi connectivity index (χ4n) is 2.89. The van der Waals surface area contributed by atoms with Gasteiger partial charge in [0.25, 0.3) is 5.91 Å². The third kappa shape index (κ3) is 3.87. The number of pyridine rings is 1. The number of aromatic nitrogens is 1. The van der Waals surface area contributed by atoms with E-state index in [4.69, 9.17) is 0 Å². The summed E-state index contributed by atoms with van der Waals surface area (Å²) in [5.74, 6) is -0.243. The monoisotopic (exact) mass is 311 g/mol. The lowest BCUT2D eigenvalue weighted by Gasteiger charge is -2.22. The normalized spacial score (nSPS) is 16.1. The first-order valence-electron chi connectivity index (χ1n) is 7.93. The minimum absolute atomic E-state index is 0.0529. The lowest BCUT2D eigenvalue weighted by atomic mass is 10.2. The van der Waals surface area contributed by atoms with E-state index in [0.29, 0.717) is 13.1 Å². The summed E-state index contributed by atoms with van der Waals surface area (Å²) in [6.07, 6.45) is 2.46. The quantitative estimate of drug-likeness (QED) is 0.943. The molecule has 2 heterocycles. The van der Waals surface area contributed by atoms with Crippen molar-refractivity contribution in [3.05, 3.63) is 59.9 Å². The summed E-state index contributed by atoms with van der Waals surface area (Å²) in [5.41, 5.74) is 1.43. The minimum Gasteiger partial charge on any atom is -0.505 e. The second-order valence-corrected chi connectivity index (χ2v) is 5.78.